The molecule has 3 heteroatoms. The van der Waals surface area contributed by atoms with E-state index in [2.05, 4.69) is 6.08 Å². The van der Waals surface area contributed by atoms with Crippen molar-refractivity contribution >= 4 is 11.8 Å². The molecule has 1 atom stereocenters. The highest BCUT2D eigenvalue weighted by atomic mass is 16.5. The molecule has 0 saturated heterocycles. The van der Waals surface area contributed by atoms with Gasteiger partial charge in [-0.15, -0.1) is 0 Å². The summed E-state index contributed by atoms with van der Waals surface area (Å²) >= 11 is 0. The second kappa shape index (κ2) is 3.31. The molecule has 0 aromatic heterocycles. The fraction of sp³-hybridized carbons (Fsp3) is 0.571. The monoisotopic (exact) mass is 232 g/mol. The van der Waals surface area contributed by atoms with Crippen LogP contribution in [0.3, 0.4) is 0 Å². The molecule has 3 aliphatic rings. The lowest BCUT2D eigenvalue weighted by Gasteiger charge is -2.21. The van der Waals surface area contributed by atoms with Gasteiger partial charge < -0.3 is 4.74 Å². The van der Waals surface area contributed by atoms with Gasteiger partial charge in [0.2, 0.25) is 0 Å². The van der Waals surface area contributed by atoms with E-state index < -0.39 is 0 Å². The molecule has 0 radical (unpaired) electrons. The summed E-state index contributed by atoms with van der Waals surface area (Å²) in [5.74, 6) is -0.0612. The molecule has 1 fully saturated rings. The zero-order chi connectivity index (χ0) is 12.2. The maximum absolute atomic E-state index is 12.4. The van der Waals surface area contributed by atoms with Gasteiger partial charge in [0, 0.05) is 5.57 Å². The highest BCUT2D eigenvalue weighted by Gasteiger charge is 2.55. The van der Waals surface area contributed by atoms with Gasteiger partial charge >= 0.3 is 5.97 Å². The van der Waals surface area contributed by atoms with Crippen LogP contribution >= 0.6 is 0 Å². The number of Topliss-reactive ketones (excluding diaryl/α,β-unsaturated/α-hetero) is 1. The van der Waals surface area contributed by atoms with Crippen LogP contribution in [0.2, 0.25) is 0 Å². The molecule has 1 unspecified atom stereocenters. The van der Waals surface area contributed by atoms with Gasteiger partial charge in [-0.25, -0.2) is 0 Å². The second-order valence-electron chi connectivity index (χ2n) is 5.37. The standard InChI is InChI=1S/C14H16O3/c1-8-5-9-6-10(13(16)17-2)7-11(9)12(15)14(8)3-4-14/h5,10H,3-4,6-7H2,1-2H3. The van der Waals surface area contributed by atoms with E-state index in [0.29, 0.717) is 12.8 Å². The summed E-state index contributed by atoms with van der Waals surface area (Å²) in [7, 11) is 1.41. The SMILES string of the molecule is COC(=O)C1CC2=C(C1)C(=O)C1(CC1)C(C)=C2. The first-order chi connectivity index (χ1) is 8.08. The van der Waals surface area contributed by atoms with Crippen LogP contribution in [0.1, 0.15) is 32.6 Å². The lowest BCUT2D eigenvalue weighted by atomic mass is 9.81. The van der Waals surface area contributed by atoms with E-state index >= 15 is 0 Å². The summed E-state index contributed by atoms with van der Waals surface area (Å²) in [6, 6.07) is 0. The third-order valence-electron chi connectivity index (χ3n) is 4.44. The maximum atomic E-state index is 12.4. The molecule has 0 aromatic carbocycles. The Balaban J connectivity index is 1.90. The molecule has 1 spiro atoms. The first kappa shape index (κ1) is 10.8. The number of hydrogen-bond acceptors (Lipinski definition) is 3. The van der Waals surface area contributed by atoms with Crippen molar-refractivity contribution in [3.8, 4) is 0 Å². The fourth-order valence-electron chi connectivity index (χ4n) is 3.17. The quantitative estimate of drug-likeness (QED) is 0.651. The largest absolute Gasteiger partial charge is 0.469 e. The number of ether oxygens (including phenoxy) is 1. The average molecular weight is 232 g/mol. The smallest absolute Gasteiger partial charge is 0.309 e. The van der Waals surface area contributed by atoms with Gasteiger partial charge in [-0.05, 0) is 38.2 Å². The number of carbonyl (C=O) groups excluding carboxylic acids is 2. The predicted octanol–water partition coefficient (Wildman–Crippen LogP) is 2.18. The molecule has 0 aliphatic heterocycles. The molecule has 1 saturated carbocycles. The van der Waals surface area contributed by atoms with Gasteiger partial charge in [-0.3, -0.25) is 9.59 Å². The van der Waals surface area contributed by atoms with Crippen molar-refractivity contribution in [2.24, 2.45) is 11.3 Å². The van der Waals surface area contributed by atoms with Crippen LogP contribution in [0.15, 0.2) is 22.8 Å². The van der Waals surface area contributed by atoms with Gasteiger partial charge in [0.1, 0.15) is 0 Å². The van der Waals surface area contributed by atoms with Crippen LogP contribution in [0.5, 0.6) is 0 Å². The van der Waals surface area contributed by atoms with Crippen molar-refractivity contribution < 1.29 is 14.3 Å². The van der Waals surface area contributed by atoms with Gasteiger partial charge in [0.15, 0.2) is 5.78 Å². The van der Waals surface area contributed by atoms with Crippen LogP contribution in [0.4, 0.5) is 0 Å². The van der Waals surface area contributed by atoms with Crippen molar-refractivity contribution in [2.45, 2.75) is 32.6 Å². The highest BCUT2D eigenvalue weighted by molar-refractivity contribution is 6.07. The summed E-state index contributed by atoms with van der Waals surface area (Å²) in [6.45, 7) is 2.04. The van der Waals surface area contributed by atoms with Gasteiger partial charge in [0.05, 0.1) is 18.4 Å². The van der Waals surface area contributed by atoms with E-state index in [9.17, 15) is 9.59 Å². The minimum absolute atomic E-state index is 0.146. The van der Waals surface area contributed by atoms with Crippen LogP contribution in [0.25, 0.3) is 0 Å². The minimum Gasteiger partial charge on any atom is -0.469 e. The summed E-state index contributed by atoms with van der Waals surface area (Å²) < 4.78 is 4.77. The number of methoxy groups -OCH3 is 1. The van der Waals surface area contributed by atoms with E-state index in [1.165, 1.54) is 12.7 Å². The van der Waals surface area contributed by atoms with Crippen molar-refractivity contribution in [1.29, 1.82) is 0 Å². The van der Waals surface area contributed by atoms with E-state index in [4.69, 9.17) is 4.74 Å². The molecule has 90 valence electrons. The normalized spacial score (nSPS) is 29.2. The first-order valence-electron chi connectivity index (χ1n) is 6.12. The fourth-order valence-corrected chi connectivity index (χ4v) is 3.17. The average Bonchev–Trinajstić information content (AvgIpc) is 3.02. The lowest BCUT2D eigenvalue weighted by molar-refractivity contribution is -0.145. The molecule has 17 heavy (non-hydrogen) atoms. The summed E-state index contributed by atoms with van der Waals surface area (Å²) in [4.78, 5) is 23.9. The van der Waals surface area contributed by atoms with Crippen molar-refractivity contribution in [2.75, 3.05) is 7.11 Å². The second-order valence-corrected chi connectivity index (χ2v) is 5.37. The molecule has 3 nitrogen and oxygen atoms in total. The molecule has 0 N–H and O–H groups in total. The maximum Gasteiger partial charge on any atom is 0.309 e. The highest BCUT2D eigenvalue weighted by Crippen LogP contribution is 2.58. The van der Waals surface area contributed by atoms with Crippen molar-refractivity contribution in [3.63, 3.8) is 0 Å². The third kappa shape index (κ3) is 1.34. The van der Waals surface area contributed by atoms with Crippen LogP contribution in [-0.4, -0.2) is 18.9 Å². The Morgan fingerprint density at radius 1 is 1.41 bits per heavy atom. The van der Waals surface area contributed by atoms with E-state index in [0.717, 1.165) is 24.0 Å². The van der Waals surface area contributed by atoms with Crippen LogP contribution in [0, 0.1) is 11.3 Å². The molecular weight excluding hydrogens is 216 g/mol. The Bertz CT molecular complexity index is 478. The van der Waals surface area contributed by atoms with Gasteiger partial charge in [0.25, 0.3) is 0 Å². The van der Waals surface area contributed by atoms with Crippen molar-refractivity contribution in [1.82, 2.24) is 0 Å². The molecular formula is C14H16O3. The van der Waals surface area contributed by atoms with Crippen LogP contribution < -0.4 is 0 Å². The van der Waals surface area contributed by atoms with Crippen LogP contribution in [-0.2, 0) is 14.3 Å². The number of esters is 1. The minimum atomic E-state index is -0.192. The van der Waals surface area contributed by atoms with E-state index in [1.54, 1.807) is 0 Å². The predicted molar refractivity (Wildman–Crippen MR) is 62.2 cm³/mol. The summed E-state index contributed by atoms with van der Waals surface area (Å²) in [6.07, 6.45) is 5.34. The Labute approximate surface area is 101 Å². The zero-order valence-electron chi connectivity index (χ0n) is 10.2. The molecule has 3 aliphatic carbocycles. The topological polar surface area (TPSA) is 43.4 Å². The van der Waals surface area contributed by atoms with E-state index in [-0.39, 0.29) is 23.1 Å². The zero-order valence-corrected chi connectivity index (χ0v) is 10.2. The Kier molecular flexibility index (Phi) is 2.09. The summed E-state index contributed by atoms with van der Waals surface area (Å²) in [5, 5.41) is 0. The molecule has 0 bridgehead atoms. The number of carbonyl (C=O) groups is 2. The Hall–Kier alpha value is -1.38. The number of allylic oxidation sites excluding steroid dienone is 4. The Morgan fingerprint density at radius 2 is 2.12 bits per heavy atom. The van der Waals surface area contributed by atoms with Crippen molar-refractivity contribution in [3.05, 3.63) is 22.8 Å². The molecule has 3 rings (SSSR count). The molecule has 0 heterocycles. The summed E-state index contributed by atoms with van der Waals surface area (Å²) in [5.41, 5.74) is 2.97. The number of ketones is 1. The third-order valence-corrected chi connectivity index (χ3v) is 4.44. The number of hydrogen-bond donors (Lipinski definition) is 0. The molecule has 0 amide bonds. The van der Waals surface area contributed by atoms with E-state index in [1.807, 2.05) is 6.92 Å². The first-order valence-corrected chi connectivity index (χ1v) is 6.12. The number of rotatable bonds is 1. The Morgan fingerprint density at radius 3 is 2.71 bits per heavy atom. The van der Waals surface area contributed by atoms with Gasteiger partial charge in [-0.1, -0.05) is 11.6 Å². The van der Waals surface area contributed by atoms with Gasteiger partial charge in [-0.2, -0.15) is 0 Å². The lowest BCUT2D eigenvalue weighted by Crippen LogP contribution is -2.23. The molecule has 0 aromatic rings.